The highest BCUT2D eigenvalue weighted by Crippen LogP contribution is 2.31. The Kier molecular flexibility index (Phi) is 3.94. The fraction of sp³-hybridized carbons (Fsp3) is 0.438. The summed E-state index contributed by atoms with van der Waals surface area (Å²) >= 11 is 0. The molecule has 0 aliphatic carbocycles. The van der Waals surface area contributed by atoms with Gasteiger partial charge in [0, 0.05) is 18.9 Å². The molecule has 6 nitrogen and oxygen atoms in total. The highest BCUT2D eigenvalue weighted by Gasteiger charge is 2.31. The van der Waals surface area contributed by atoms with Crippen LogP contribution in [0.2, 0.25) is 0 Å². The quantitative estimate of drug-likeness (QED) is 0.869. The third-order valence-corrected chi connectivity index (χ3v) is 4.01. The van der Waals surface area contributed by atoms with Gasteiger partial charge in [-0.05, 0) is 25.5 Å². The second-order valence-electron chi connectivity index (χ2n) is 5.63. The molecule has 0 bridgehead atoms. The van der Waals surface area contributed by atoms with Crippen LogP contribution in [0.5, 0.6) is 0 Å². The topological polar surface area (TPSA) is 73.2 Å². The molecule has 3 rings (SSSR count). The summed E-state index contributed by atoms with van der Waals surface area (Å²) in [7, 11) is 1.65. The molecule has 1 unspecified atom stereocenters. The van der Waals surface area contributed by atoms with Crippen molar-refractivity contribution in [2.24, 2.45) is 0 Å². The predicted molar refractivity (Wildman–Crippen MR) is 81.5 cm³/mol. The Labute approximate surface area is 128 Å². The van der Waals surface area contributed by atoms with Crippen LogP contribution in [0.15, 0.2) is 18.2 Å². The molecule has 2 heterocycles. The minimum absolute atomic E-state index is 0.208. The Balaban J connectivity index is 2.06. The van der Waals surface area contributed by atoms with Gasteiger partial charge in [-0.2, -0.15) is 5.10 Å². The molecule has 1 aromatic carbocycles. The van der Waals surface area contributed by atoms with Gasteiger partial charge < -0.3 is 4.74 Å². The maximum Gasteiger partial charge on any atom is 0.235 e. The molecule has 22 heavy (non-hydrogen) atoms. The zero-order chi connectivity index (χ0) is 15.7. The standard InChI is InChI=1S/C16H19N3O3/c1-10-3-5-13-12(9-10)15(18-19(13)7-8-22-2)11-4-6-14(20)17-16(11)21/h3,5,9,11H,4,6-8H2,1-2H3,(H,17,20,21). The van der Waals surface area contributed by atoms with Gasteiger partial charge in [0.05, 0.1) is 30.3 Å². The molecular weight excluding hydrogens is 282 g/mol. The van der Waals surface area contributed by atoms with Gasteiger partial charge in [-0.15, -0.1) is 0 Å². The van der Waals surface area contributed by atoms with E-state index in [2.05, 4.69) is 10.4 Å². The minimum atomic E-state index is -0.370. The van der Waals surface area contributed by atoms with Gasteiger partial charge in [0.25, 0.3) is 0 Å². The summed E-state index contributed by atoms with van der Waals surface area (Å²) in [6.45, 7) is 3.20. The van der Waals surface area contributed by atoms with Crippen molar-refractivity contribution in [2.75, 3.05) is 13.7 Å². The smallest absolute Gasteiger partial charge is 0.235 e. The number of piperidine rings is 1. The van der Waals surface area contributed by atoms with Crippen LogP contribution in [0.3, 0.4) is 0 Å². The maximum absolute atomic E-state index is 12.2. The van der Waals surface area contributed by atoms with Crippen LogP contribution in [-0.4, -0.2) is 35.3 Å². The summed E-state index contributed by atoms with van der Waals surface area (Å²) in [5.74, 6) is -0.831. The van der Waals surface area contributed by atoms with E-state index in [9.17, 15) is 9.59 Å². The molecule has 0 spiro atoms. The largest absolute Gasteiger partial charge is 0.383 e. The number of nitrogens with zero attached hydrogens (tertiary/aromatic N) is 2. The number of hydrogen-bond acceptors (Lipinski definition) is 4. The normalized spacial score (nSPS) is 18.7. The number of ether oxygens (including phenoxy) is 1. The lowest BCUT2D eigenvalue weighted by Crippen LogP contribution is -2.39. The molecule has 1 aliphatic rings. The number of methoxy groups -OCH3 is 1. The van der Waals surface area contributed by atoms with Gasteiger partial charge in [-0.25, -0.2) is 0 Å². The number of hydrogen-bond donors (Lipinski definition) is 1. The van der Waals surface area contributed by atoms with Gasteiger partial charge in [0.1, 0.15) is 0 Å². The molecule has 116 valence electrons. The van der Waals surface area contributed by atoms with Crippen molar-refractivity contribution < 1.29 is 14.3 Å². The van der Waals surface area contributed by atoms with Gasteiger partial charge in [-0.1, -0.05) is 11.6 Å². The first-order chi connectivity index (χ1) is 10.6. The lowest BCUT2D eigenvalue weighted by Gasteiger charge is -2.19. The number of benzene rings is 1. The number of amides is 2. The number of imide groups is 1. The third-order valence-electron chi connectivity index (χ3n) is 4.01. The summed E-state index contributed by atoms with van der Waals surface area (Å²) in [6, 6.07) is 6.09. The van der Waals surface area contributed by atoms with Crippen molar-refractivity contribution in [3.63, 3.8) is 0 Å². The molecular formula is C16H19N3O3. The number of aromatic nitrogens is 2. The van der Waals surface area contributed by atoms with Crippen LogP contribution < -0.4 is 5.32 Å². The van der Waals surface area contributed by atoms with E-state index in [0.29, 0.717) is 26.0 Å². The molecule has 1 N–H and O–H groups in total. The lowest BCUT2D eigenvalue weighted by atomic mass is 9.92. The summed E-state index contributed by atoms with van der Waals surface area (Å²) in [4.78, 5) is 23.5. The highest BCUT2D eigenvalue weighted by molar-refractivity contribution is 6.02. The SMILES string of the molecule is COCCn1nc(C2CCC(=O)NC2=O)c2cc(C)ccc21. The van der Waals surface area contributed by atoms with Crippen LogP contribution >= 0.6 is 0 Å². The maximum atomic E-state index is 12.2. The first-order valence-electron chi connectivity index (χ1n) is 7.40. The fourth-order valence-corrected chi connectivity index (χ4v) is 2.88. The van der Waals surface area contributed by atoms with Crippen LogP contribution in [0.25, 0.3) is 10.9 Å². The molecule has 1 aliphatic heterocycles. The van der Waals surface area contributed by atoms with E-state index in [1.165, 1.54) is 0 Å². The van der Waals surface area contributed by atoms with E-state index >= 15 is 0 Å². The van der Waals surface area contributed by atoms with Crippen molar-refractivity contribution in [3.8, 4) is 0 Å². The Hall–Kier alpha value is -2.21. The summed E-state index contributed by atoms with van der Waals surface area (Å²) in [5, 5.41) is 8.02. The number of carbonyl (C=O) groups is 2. The van der Waals surface area contributed by atoms with Gasteiger partial charge >= 0.3 is 0 Å². The first-order valence-corrected chi connectivity index (χ1v) is 7.40. The van der Waals surface area contributed by atoms with E-state index in [4.69, 9.17) is 4.74 Å². The zero-order valence-electron chi connectivity index (χ0n) is 12.8. The molecule has 0 saturated carbocycles. The molecule has 0 radical (unpaired) electrons. The fourth-order valence-electron chi connectivity index (χ4n) is 2.88. The second-order valence-corrected chi connectivity index (χ2v) is 5.63. The number of fused-ring (bicyclic) bond motifs is 1. The van der Waals surface area contributed by atoms with Gasteiger partial charge in [-0.3, -0.25) is 19.6 Å². The summed E-state index contributed by atoms with van der Waals surface area (Å²) in [5.41, 5.74) is 2.86. The Morgan fingerprint density at radius 2 is 2.23 bits per heavy atom. The lowest BCUT2D eigenvalue weighted by molar-refractivity contribution is -0.134. The molecule has 6 heteroatoms. The van der Waals surface area contributed by atoms with Gasteiger partial charge in [0.2, 0.25) is 11.8 Å². The molecule has 2 aromatic rings. The highest BCUT2D eigenvalue weighted by atomic mass is 16.5. The summed E-state index contributed by atoms with van der Waals surface area (Å²) in [6.07, 6.45) is 0.865. The van der Waals surface area contributed by atoms with Crippen molar-refractivity contribution in [1.29, 1.82) is 0 Å². The van der Waals surface area contributed by atoms with E-state index in [1.54, 1.807) is 7.11 Å². The molecule has 1 saturated heterocycles. The van der Waals surface area contributed by atoms with E-state index in [1.807, 2.05) is 29.8 Å². The third kappa shape index (κ3) is 2.62. The van der Waals surface area contributed by atoms with Crippen LogP contribution in [0, 0.1) is 6.92 Å². The number of nitrogens with one attached hydrogen (secondary N) is 1. The average Bonchev–Trinajstić information content (AvgIpc) is 2.83. The van der Waals surface area contributed by atoms with Crippen LogP contribution in [-0.2, 0) is 20.9 Å². The molecule has 1 atom stereocenters. The Morgan fingerprint density at radius 3 is 2.95 bits per heavy atom. The average molecular weight is 301 g/mol. The van der Waals surface area contributed by atoms with E-state index in [-0.39, 0.29) is 17.7 Å². The number of aryl methyl sites for hydroxylation is 1. The van der Waals surface area contributed by atoms with Gasteiger partial charge in [0.15, 0.2) is 0 Å². The van der Waals surface area contributed by atoms with Crippen molar-refractivity contribution >= 4 is 22.7 Å². The number of rotatable bonds is 4. The van der Waals surface area contributed by atoms with Crippen molar-refractivity contribution in [3.05, 3.63) is 29.5 Å². The first kappa shape index (κ1) is 14.7. The monoisotopic (exact) mass is 301 g/mol. The molecule has 1 aromatic heterocycles. The molecule has 1 fully saturated rings. The van der Waals surface area contributed by atoms with Crippen LogP contribution in [0.4, 0.5) is 0 Å². The predicted octanol–water partition coefficient (Wildman–Crippen LogP) is 1.51. The van der Waals surface area contributed by atoms with E-state index in [0.717, 1.165) is 22.2 Å². The minimum Gasteiger partial charge on any atom is -0.383 e. The van der Waals surface area contributed by atoms with Crippen molar-refractivity contribution in [1.82, 2.24) is 15.1 Å². The Bertz CT molecular complexity index is 736. The zero-order valence-corrected chi connectivity index (χ0v) is 12.8. The van der Waals surface area contributed by atoms with Crippen LogP contribution in [0.1, 0.15) is 30.0 Å². The number of carbonyl (C=O) groups excluding carboxylic acids is 2. The summed E-state index contributed by atoms with van der Waals surface area (Å²) < 4.78 is 7.00. The van der Waals surface area contributed by atoms with Crippen molar-refractivity contribution in [2.45, 2.75) is 32.2 Å². The Morgan fingerprint density at radius 1 is 1.41 bits per heavy atom. The van der Waals surface area contributed by atoms with E-state index < -0.39 is 0 Å². The second kappa shape index (κ2) is 5.88. The molecule has 2 amide bonds.